The van der Waals surface area contributed by atoms with E-state index in [1.807, 2.05) is 24.7 Å². The molecule has 0 atom stereocenters. The number of aryl methyl sites for hydroxylation is 8. The van der Waals surface area contributed by atoms with Crippen LogP contribution in [0.25, 0.3) is 115 Å². The van der Waals surface area contributed by atoms with Crippen LogP contribution < -0.4 is 40.1 Å². The maximum absolute atomic E-state index is 7.15. The minimum atomic E-state index is -1.06. The number of ether oxygens (including phenoxy) is 2. The fraction of sp³-hybridized carbons (Fsp3) is 0.120. The summed E-state index contributed by atoms with van der Waals surface area (Å²) in [6, 6.07) is 151. The molecule has 18 aromatic carbocycles. The molecule has 146 heavy (non-hydrogen) atoms. The van der Waals surface area contributed by atoms with Gasteiger partial charge < -0.3 is 39.1 Å². The second kappa shape index (κ2) is 42.1. The molecule has 4 aromatic heterocycles. The van der Waals surface area contributed by atoms with E-state index < -0.39 is 15.5 Å². The van der Waals surface area contributed by atoms with Crippen LogP contribution in [0.4, 0.5) is 51.2 Å². The fourth-order valence-electron chi connectivity index (χ4n) is 20.2. The Labute approximate surface area is 900 Å². The topological polar surface area (TPSA) is 66.8 Å². The number of rotatable bonds is 14. The number of nitrogens with zero attached hydrogens (tertiary/aromatic N) is 6. The third kappa shape index (κ3) is 20.4. The van der Waals surface area contributed by atoms with Gasteiger partial charge in [0.05, 0.1) is 11.4 Å². The smallest absolute Gasteiger partial charge is 0.152 e. The zero-order valence-electron chi connectivity index (χ0n) is 84.1. The van der Waals surface area contributed by atoms with Crippen molar-refractivity contribution >= 4 is 136 Å². The van der Waals surface area contributed by atoms with Gasteiger partial charge in [-0.15, -0.1) is 89.5 Å². The van der Waals surface area contributed by atoms with Crippen molar-refractivity contribution in [3.05, 3.63) is 481 Å². The molecule has 723 valence electrons. The molecule has 0 saturated carbocycles. The number of fused-ring (bicyclic) bond motifs is 10. The molecule has 3 radical (unpaired) electrons. The van der Waals surface area contributed by atoms with Crippen LogP contribution in [0.1, 0.15) is 97.2 Å². The van der Waals surface area contributed by atoms with Crippen molar-refractivity contribution in [2.45, 2.75) is 108 Å². The first-order valence-electron chi connectivity index (χ1n) is 49.1. The maximum Gasteiger partial charge on any atom is 0.152 e. The van der Waals surface area contributed by atoms with Crippen molar-refractivity contribution < 1.29 is 69.8 Å². The monoisotopic (exact) mass is 2460 g/mol. The average molecular weight is 2460 g/mol. The van der Waals surface area contributed by atoms with Gasteiger partial charge in [0.25, 0.3) is 0 Å². The van der Waals surface area contributed by atoms with Crippen LogP contribution in [-0.4, -0.2) is 15.0 Å². The molecule has 0 spiro atoms. The molecule has 8 nitrogen and oxygen atoms in total. The summed E-state index contributed by atoms with van der Waals surface area (Å²) in [6.45, 7) is 30.9. The predicted molar refractivity (Wildman–Crippen MR) is 606 cm³/mol. The van der Waals surface area contributed by atoms with Crippen molar-refractivity contribution in [1.82, 2.24) is 15.0 Å². The van der Waals surface area contributed by atoms with E-state index in [-0.39, 0.29) is 71.1 Å². The van der Waals surface area contributed by atoms with E-state index in [0.717, 1.165) is 141 Å². The quantitative estimate of drug-likeness (QED) is 0.0788. The summed E-state index contributed by atoms with van der Waals surface area (Å²) in [7, 11) is -1.72. The van der Waals surface area contributed by atoms with Gasteiger partial charge in [0, 0.05) is 146 Å². The Kier molecular flexibility index (Phi) is 29.0. The number of benzene rings is 18. The molecule has 24 rings (SSSR count). The average Bonchev–Trinajstić information content (AvgIpc) is 1.61. The Morgan fingerprint density at radius 2 is 0.616 bits per heavy atom. The van der Waals surface area contributed by atoms with E-state index in [9.17, 15) is 0 Å². The second-order valence-corrected chi connectivity index (χ2v) is 44.4. The molecular weight excluding hydrogens is 2350 g/mol. The molecule has 22 aromatic rings. The van der Waals surface area contributed by atoms with Crippen LogP contribution in [0.2, 0.25) is 0 Å². The summed E-state index contributed by atoms with van der Waals surface area (Å²) in [5, 5.41) is 17.5. The molecule has 0 aliphatic carbocycles. The van der Waals surface area contributed by atoms with Crippen molar-refractivity contribution in [2.75, 3.05) is 14.7 Å². The largest absolute Gasteiger partial charge is 0.456 e. The predicted octanol–water partition coefficient (Wildman–Crippen LogP) is 36.2. The van der Waals surface area contributed by atoms with Gasteiger partial charge in [-0.1, -0.05) is 286 Å². The molecule has 13 heteroatoms. The first kappa shape index (κ1) is 101. The van der Waals surface area contributed by atoms with Gasteiger partial charge in [0.15, 0.2) is 11.5 Å². The molecule has 0 saturated heterocycles. The summed E-state index contributed by atoms with van der Waals surface area (Å²) in [6.07, 6.45) is 5.68. The van der Waals surface area contributed by atoms with Gasteiger partial charge in [-0.05, 0) is 313 Å². The molecule has 2 aliphatic rings. The van der Waals surface area contributed by atoms with E-state index in [2.05, 4.69) is 512 Å². The zero-order valence-corrected chi connectivity index (χ0v) is 93.1. The van der Waals surface area contributed by atoms with Crippen molar-refractivity contribution in [3.63, 3.8) is 0 Å². The standard InChI is InChI=1S/C55H43N3OP.C43H33N2O.C35H33NP.3Ir/c1-37-12-20-43(21-13-37)57(44-22-14-38(2)15-23-44)47-28-30-53-51(35-47)59-52-36-48(58(45-24-16-39(3)17-25-45)46-26-18-40(4)19-27-46)29-31-54(52)60(53)49-10-7-9-42(34-49)55-50-11-6-5-8-41(50)32-33-56-55;1-27-18-28(2)21-35(20-27)32-12-14-39-41(25-32)46-42-26-33(36-22-29(3)19-30(4)23-36)13-15-40(42)45(39)37-10-7-9-34(24-37)43-38-11-6-5-8-31(38)16-17-44-43;1-34(2,3)25-14-16-31-29(21-25)30-22-26(35(4,5)6)15-17-32(30)37(31)27-12-9-11-24(20-27)33-28-13-8-7-10-23(28)18-19-36-33;;;/h5-8,10-36H,1-4H3;5-8,10-26H,1-4H3;7-10,12-22H,1-6H3;;;/q3*-1;;;. The van der Waals surface area contributed by atoms with Crippen LogP contribution in [0, 0.1) is 73.6 Å². The van der Waals surface area contributed by atoms with Gasteiger partial charge in [0.1, 0.15) is 11.5 Å². The molecule has 0 fully saturated rings. The molecule has 0 N–H and O–H groups in total. The third-order valence-electron chi connectivity index (χ3n) is 27.4. The number of pyridine rings is 3. The molecule has 2 aliphatic heterocycles. The molecule has 0 unspecified atom stereocenters. The van der Waals surface area contributed by atoms with E-state index >= 15 is 0 Å². The molecule has 6 heterocycles. The fourth-order valence-corrected chi connectivity index (χ4v) is 25.2. The Morgan fingerprint density at radius 1 is 0.274 bits per heavy atom. The molecule has 0 amide bonds. The van der Waals surface area contributed by atoms with Crippen molar-refractivity contribution in [1.29, 1.82) is 0 Å². The SMILES string of the molecule is CC(C)(C)c1ccc2c(c1)c1cc(C(C)(C)C)ccc1p2-c1cc[c-]c(-c2nccc3ccccc23)c1.Cc1cc(C)cc(-c2ccc3c(c2)Oc2cc(-c4cc(C)cc(C)c4)ccc2N3c2cc[c-]c(-c3nccc4ccccc34)c2)c1.Cc1ccc(N(c2ccc(C)cc2)c2ccc3c(c2)Oc2cc(N(c4ccc(C)cc4)c4ccc(C)cc4)ccc2P3c2cc[c-]c(-c3nccc4ccccc34)c2)cc1.[Ir].[Ir].[Ir]. The van der Waals surface area contributed by atoms with Crippen LogP contribution in [-0.2, 0) is 71.1 Å². The Balaban J connectivity index is 0.000000141. The molecular formula is C133H109Ir3N6O2P2-3. The Hall–Kier alpha value is -14.1. The van der Waals surface area contributed by atoms with Crippen LogP contribution in [0.3, 0.4) is 0 Å². The summed E-state index contributed by atoms with van der Waals surface area (Å²) in [4.78, 5) is 21.4. The summed E-state index contributed by atoms with van der Waals surface area (Å²) in [5.74, 6) is 3.34. The zero-order chi connectivity index (χ0) is 98.1. The Bertz CT molecular complexity index is 8220. The minimum absolute atomic E-state index is 0. The van der Waals surface area contributed by atoms with E-state index in [1.165, 1.54) is 120 Å². The van der Waals surface area contributed by atoms with E-state index in [4.69, 9.17) is 24.4 Å². The third-order valence-corrected chi connectivity index (χ3v) is 32.5. The van der Waals surface area contributed by atoms with Crippen molar-refractivity contribution in [3.8, 4) is 84.3 Å². The first-order valence-corrected chi connectivity index (χ1v) is 51.8. The summed E-state index contributed by atoms with van der Waals surface area (Å²) < 4.78 is 13.9. The maximum atomic E-state index is 7.15. The summed E-state index contributed by atoms with van der Waals surface area (Å²) >= 11 is 0. The molecule has 0 bridgehead atoms. The van der Waals surface area contributed by atoms with Crippen molar-refractivity contribution in [2.24, 2.45) is 0 Å². The van der Waals surface area contributed by atoms with Gasteiger partial charge in [-0.3, -0.25) is 0 Å². The van der Waals surface area contributed by atoms with E-state index in [1.54, 1.807) is 0 Å². The van der Waals surface area contributed by atoms with Gasteiger partial charge in [0.2, 0.25) is 0 Å². The summed E-state index contributed by atoms with van der Waals surface area (Å²) in [5.41, 5.74) is 32.7. The minimum Gasteiger partial charge on any atom is -0.456 e. The number of hydrogen-bond acceptors (Lipinski definition) is 8. The number of anilines is 9. The van der Waals surface area contributed by atoms with Gasteiger partial charge in [-0.25, -0.2) is 0 Å². The van der Waals surface area contributed by atoms with Crippen LogP contribution >= 0.6 is 15.5 Å². The number of hydrogen-bond donors (Lipinski definition) is 0. The number of aromatic nitrogens is 3. The van der Waals surface area contributed by atoms with Crippen LogP contribution in [0.5, 0.6) is 23.0 Å². The van der Waals surface area contributed by atoms with Crippen LogP contribution in [0.15, 0.2) is 407 Å². The normalized spacial score (nSPS) is 11.9. The first-order chi connectivity index (χ1) is 69.4. The second-order valence-electron chi connectivity index (χ2n) is 40.1. The van der Waals surface area contributed by atoms with Gasteiger partial charge >= 0.3 is 0 Å². The van der Waals surface area contributed by atoms with E-state index in [0.29, 0.717) is 0 Å². The Morgan fingerprint density at radius 3 is 1.00 bits per heavy atom. The van der Waals surface area contributed by atoms with Gasteiger partial charge in [-0.2, -0.15) is 0 Å².